The first-order chi connectivity index (χ1) is 7.86. The summed E-state index contributed by atoms with van der Waals surface area (Å²) in [5.41, 5.74) is 2.37. The van der Waals surface area contributed by atoms with Gasteiger partial charge in [0, 0.05) is 38.5 Å². The van der Waals surface area contributed by atoms with E-state index in [9.17, 15) is 0 Å². The normalized spacial score (nSPS) is 10.8. The van der Waals surface area contributed by atoms with Crippen molar-refractivity contribution in [2.45, 2.75) is 6.42 Å². The molecule has 0 atom stereocenters. The van der Waals surface area contributed by atoms with Crippen molar-refractivity contribution in [3.05, 3.63) is 60.2 Å². The van der Waals surface area contributed by atoms with Gasteiger partial charge in [-0.2, -0.15) is 24.4 Å². The van der Waals surface area contributed by atoms with Crippen molar-refractivity contribution in [3.8, 4) is 5.75 Å². The number of aromatic hydroxyl groups is 1. The van der Waals surface area contributed by atoms with Gasteiger partial charge in [-0.25, -0.2) is 0 Å². The van der Waals surface area contributed by atoms with Crippen LogP contribution < -0.4 is 0 Å². The largest absolute Gasteiger partial charge is 0.533 e. The summed E-state index contributed by atoms with van der Waals surface area (Å²) in [5.74, 6) is 0.291. The zero-order valence-electron chi connectivity index (χ0n) is 9.30. The van der Waals surface area contributed by atoms with Crippen molar-refractivity contribution < 1.29 is 37.8 Å². The second-order valence-corrected chi connectivity index (χ2v) is 3.33. The van der Waals surface area contributed by atoms with E-state index in [2.05, 4.69) is 23.3 Å². The molecule has 3 rings (SSSR count). The minimum absolute atomic E-state index is 0. The van der Waals surface area contributed by atoms with Crippen molar-refractivity contribution in [2.75, 3.05) is 0 Å². The summed E-state index contributed by atoms with van der Waals surface area (Å²) in [5, 5.41) is 8.61. The molecule has 1 radical (unpaired) electrons. The molecule has 83 valence electrons. The molecule has 1 heterocycles. The van der Waals surface area contributed by atoms with Crippen LogP contribution in [0.15, 0.2) is 53.5 Å². The van der Waals surface area contributed by atoms with Crippen LogP contribution in [0.1, 0.15) is 5.56 Å². The van der Waals surface area contributed by atoms with Crippen LogP contribution in [0.5, 0.6) is 5.75 Å². The number of phenolic OH excluding ortho intramolecular Hbond substituents is 1. The summed E-state index contributed by atoms with van der Waals surface area (Å²) in [6.07, 6.45) is 3.80. The van der Waals surface area contributed by atoms with Gasteiger partial charge in [0.15, 0.2) is 0 Å². The van der Waals surface area contributed by atoms with Gasteiger partial charge >= 0.3 is 0 Å². The van der Waals surface area contributed by atoms with E-state index in [0.717, 1.165) is 12.1 Å². The van der Waals surface area contributed by atoms with E-state index in [1.54, 1.807) is 24.3 Å². The van der Waals surface area contributed by atoms with Crippen molar-refractivity contribution in [1.29, 1.82) is 0 Å². The minimum Gasteiger partial charge on any atom is -0.533 e. The minimum atomic E-state index is 0. The van der Waals surface area contributed by atoms with Crippen molar-refractivity contribution in [3.63, 3.8) is 0 Å². The molecule has 0 amide bonds. The first kappa shape index (κ1) is 14.1. The summed E-state index contributed by atoms with van der Waals surface area (Å²) < 4.78 is 0. The Morgan fingerprint density at radius 2 is 1.76 bits per heavy atom. The number of aliphatic imine (C=N–C) groups is 1. The molecular weight excluding hydrogens is 287 g/mol. The summed E-state index contributed by atoms with van der Waals surface area (Å²) in [6, 6.07) is 17.4. The van der Waals surface area contributed by atoms with Crippen LogP contribution in [-0.2, 0) is 39.1 Å². The predicted octanol–water partition coefficient (Wildman–Crippen LogP) is 3.01. The number of benzene rings is 2. The smallest absolute Gasteiger partial charge is 0.00821 e. The Morgan fingerprint density at radius 1 is 1.06 bits per heavy atom. The van der Waals surface area contributed by atoms with Gasteiger partial charge < -0.3 is 10.1 Å². The molecule has 0 aromatic heterocycles. The van der Waals surface area contributed by atoms with E-state index >= 15 is 0 Å². The standard InChI is InChI=1S/C8H6N.C6H5O.Y/c1-2-4-8-7(3-1)5-6-9-8;7-6-4-2-1-3-5-6;/h1-4H,5H2;2-5,7H;/q2*-1;. The molecule has 0 fully saturated rings. The molecule has 0 saturated carbocycles. The quantitative estimate of drug-likeness (QED) is 0.745. The Bertz CT molecular complexity index is 483. The molecule has 1 N–H and O–H groups in total. The van der Waals surface area contributed by atoms with Crippen LogP contribution in [0.3, 0.4) is 0 Å². The van der Waals surface area contributed by atoms with Crippen molar-refractivity contribution >= 4 is 11.9 Å². The van der Waals surface area contributed by atoms with Gasteiger partial charge in [0.25, 0.3) is 0 Å². The van der Waals surface area contributed by atoms with Gasteiger partial charge in [-0.05, 0) is 0 Å². The Hall–Kier alpha value is -0.986. The number of para-hydroxylation sites is 1. The topological polar surface area (TPSA) is 32.6 Å². The number of hydrogen-bond donors (Lipinski definition) is 1. The van der Waals surface area contributed by atoms with E-state index in [-0.39, 0.29) is 32.7 Å². The molecule has 0 saturated heterocycles. The number of fused-ring (bicyclic) bond motifs is 1. The van der Waals surface area contributed by atoms with Crippen LogP contribution in [-0.4, -0.2) is 11.3 Å². The molecular formula is C14H11NOY-2. The molecule has 2 aromatic carbocycles. The monoisotopic (exact) mass is 298 g/mol. The number of rotatable bonds is 0. The first-order valence-electron chi connectivity index (χ1n) is 5.03. The van der Waals surface area contributed by atoms with Crippen molar-refractivity contribution in [1.82, 2.24) is 0 Å². The molecule has 2 aromatic rings. The van der Waals surface area contributed by atoms with Gasteiger partial charge in [0.2, 0.25) is 0 Å². The third-order valence-corrected chi connectivity index (χ3v) is 2.16. The van der Waals surface area contributed by atoms with Gasteiger partial charge in [-0.3, -0.25) is 0 Å². The summed E-state index contributed by atoms with van der Waals surface area (Å²) in [7, 11) is 0. The average molecular weight is 298 g/mol. The predicted molar refractivity (Wildman–Crippen MR) is 64.2 cm³/mol. The van der Waals surface area contributed by atoms with Crippen LogP contribution in [0, 0.1) is 6.07 Å². The van der Waals surface area contributed by atoms with Crippen molar-refractivity contribution in [2.24, 2.45) is 4.99 Å². The summed E-state index contributed by atoms with van der Waals surface area (Å²) >= 11 is 0. The maximum absolute atomic E-state index is 8.61. The maximum atomic E-state index is 8.61. The van der Waals surface area contributed by atoms with E-state index in [1.807, 2.05) is 18.2 Å². The SMILES string of the molecule is Oc1cc[c-]cc1.[C-]1=Nc2ccccc2C1.[Y]. The third-order valence-electron chi connectivity index (χ3n) is 2.16. The molecule has 17 heavy (non-hydrogen) atoms. The molecule has 0 spiro atoms. The third kappa shape index (κ3) is 4.41. The van der Waals surface area contributed by atoms with Crippen LogP contribution >= 0.6 is 0 Å². The summed E-state index contributed by atoms with van der Waals surface area (Å²) in [6.45, 7) is 0. The Labute approximate surface area is 126 Å². The van der Waals surface area contributed by atoms with Gasteiger partial charge in [0.05, 0.1) is 0 Å². The maximum Gasteiger partial charge on any atom is 0.00821 e. The van der Waals surface area contributed by atoms with E-state index in [1.165, 1.54) is 5.56 Å². The Morgan fingerprint density at radius 3 is 2.35 bits per heavy atom. The fourth-order valence-corrected chi connectivity index (χ4v) is 1.36. The molecule has 1 aliphatic rings. The fraction of sp³-hybridized carbons (Fsp3) is 0.0714. The van der Waals surface area contributed by atoms with Gasteiger partial charge in [-0.1, -0.05) is 30.3 Å². The summed E-state index contributed by atoms with van der Waals surface area (Å²) in [4.78, 5) is 4.05. The molecule has 1 aliphatic heterocycles. The van der Waals surface area contributed by atoms with Gasteiger partial charge in [0.1, 0.15) is 0 Å². The molecule has 2 nitrogen and oxygen atoms in total. The zero-order chi connectivity index (χ0) is 11.2. The second kappa shape index (κ2) is 7.36. The van der Waals surface area contributed by atoms with Crippen LogP contribution in [0.25, 0.3) is 0 Å². The van der Waals surface area contributed by atoms with Crippen LogP contribution in [0.4, 0.5) is 5.69 Å². The number of nitrogens with zero attached hydrogens (tertiary/aromatic N) is 1. The van der Waals surface area contributed by atoms with Gasteiger partial charge in [-0.15, -0.1) is 23.8 Å². The fourth-order valence-electron chi connectivity index (χ4n) is 1.36. The van der Waals surface area contributed by atoms with E-state index < -0.39 is 0 Å². The molecule has 0 aliphatic carbocycles. The van der Waals surface area contributed by atoms with E-state index in [0.29, 0.717) is 5.75 Å². The van der Waals surface area contributed by atoms with Crippen LogP contribution in [0.2, 0.25) is 0 Å². The van der Waals surface area contributed by atoms with E-state index in [4.69, 9.17) is 5.11 Å². The zero-order valence-corrected chi connectivity index (χ0v) is 12.1. The number of hydrogen-bond acceptors (Lipinski definition) is 2. The average Bonchev–Trinajstić information content (AvgIpc) is 2.79. The Balaban J connectivity index is 0.000000166. The molecule has 0 unspecified atom stereocenters. The number of phenols is 1. The molecule has 3 heteroatoms. The Kier molecular flexibility index (Phi) is 6.10. The second-order valence-electron chi connectivity index (χ2n) is 3.33. The first-order valence-corrected chi connectivity index (χ1v) is 5.03. The molecule has 0 bridgehead atoms.